The normalized spacial score (nSPS) is 18.5. The summed E-state index contributed by atoms with van der Waals surface area (Å²) < 4.78 is 7.07. The highest BCUT2D eigenvalue weighted by Crippen LogP contribution is 2.27. The summed E-state index contributed by atoms with van der Waals surface area (Å²) in [4.78, 5) is 16.9. The highest BCUT2D eigenvalue weighted by atomic mass is 16.5. The molecule has 1 saturated heterocycles. The van der Waals surface area contributed by atoms with Crippen molar-refractivity contribution in [2.75, 3.05) is 6.61 Å². The molecule has 0 saturated carbocycles. The maximum absolute atomic E-state index is 12.4. The Hall–Kier alpha value is -2.13. The predicted molar refractivity (Wildman–Crippen MR) is 72.4 cm³/mol. The molecule has 0 aliphatic carbocycles. The van der Waals surface area contributed by atoms with E-state index in [2.05, 4.69) is 16.2 Å². The van der Waals surface area contributed by atoms with Crippen LogP contribution in [-0.4, -0.2) is 21.2 Å². The number of H-pyrrole nitrogens is 1. The molecule has 3 rings (SSSR count). The molecular weight excluding hydrogens is 256 g/mol. The average molecular weight is 272 g/mol. The molecule has 1 N–H and O–H groups in total. The fraction of sp³-hybridized carbons (Fsp3) is 0.500. The van der Waals surface area contributed by atoms with Crippen molar-refractivity contribution in [2.24, 2.45) is 0 Å². The first-order valence-corrected chi connectivity index (χ1v) is 6.80. The number of fused-ring (bicyclic) bond motifs is 1. The van der Waals surface area contributed by atoms with Gasteiger partial charge in [-0.2, -0.15) is 5.26 Å². The van der Waals surface area contributed by atoms with Gasteiger partial charge in [0.2, 0.25) is 0 Å². The number of rotatable bonds is 3. The van der Waals surface area contributed by atoms with Crippen molar-refractivity contribution in [3.8, 4) is 6.07 Å². The number of hydrogen-bond acceptors (Lipinski definition) is 4. The van der Waals surface area contributed by atoms with Crippen LogP contribution in [0.3, 0.4) is 0 Å². The fourth-order valence-corrected chi connectivity index (χ4v) is 2.65. The van der Waals surface area contributed by atoms with Crippen LogP contribution in [0.2, 0.25) is 0 Å². The van der Waals surface area contributed by atoms with Gasteiger partial charge in [0.05, 0.1) is 17.9 Å². The number of nitriles is 1. The van der Waals surface area contributed by atoms with Crippen molar-refractivity contribution < 1.29 is 4.74 Å². The summed E-state index contributed by atoms with van der Waals surface area (Å²) >= 11 is 0. The molecule has 6 nitrogen and oxygen atoms in total. The molecule has 1 unspecified atom stereocenters. The zero-order valence-electron chi connectivity index (χ0n) is 11.3. The van der Waals surface area contributed by atoms with Crippen LogP contribution in [0.25, 0.3) is 5.65 Å². The molecule has 1 atom stereocenters. The van der Waals surface area contributed by atoms with Gasteiger partial charge in [-0.15, -0.1) is 0 Å². The summed E-state index contributed by atoms with van der Waals surface area (Å²) in [7, 11) is 0. The summed E-state index contributed by atoms with van der Waals surface area (Å²) in [6.07, 6.45) is 2.78. The third kappa shape index (κ3) is 2.10. The second-order valence-electron chi connectivity index (χ2n) is 5.05. The van der Waals surface area contributed by atoms with Gasteiger partial charge < -0.3 is 4.74 Å². The lowest BCUT2D eigenvalue weighted by Gasteiger charge is -2.05. The summed E-state index contributed by atoms with van der Waals surface area (Å²) in [6.45, 7) is 2.57. The zero-order valence-corrected chi connectivity index (χ0v) is 11.3. The number of nitrogens with zero attached hydrogens (tertiary/aromatic N) is 3. The van der Waals surface area contributed by atoms with Crippen molar-refractivity contribution in [2.45, 2.75) is 38.7 Å². The second kappa shape index (κ2) is 5.10. The zero-order chi connectivity index (χ0) is 14.1. The molecule has 2 aromatic heterocycles. The van der Waals surface area contributed by atoms with E-state index < -0.39 is 0 Å². The first-order valence-electron chi connectivity index (χ1n) is 6.80. The second-order valence-corrected chi connectivity index (χ2v) is 5.05. The predicted octanol–water partition coefficient (Wildman–Crippen LogP) is 1.64. The summed E-state index contributed by atoms with van der Waals surface area (Å²) in [5, 5.41) is 11.8. The molecular formula is C14H16N4O2. The highest BCUT2D eigenvalue weighted by Gasteiger charge is 2.21. The van der Waals surface area contributed by atoms with Gasteiger partial charge in [-0.05, 0) is 26.2 Å². The van der Waals surface area contributed by atoms with Crippen LogP contribution in [0.15, 0.2) is 10.9 Å². The molecule has 0 bridgehead atoms. The monoisotopic (exact) mass is 272 g/mol. The minimum Gasteiger partial charge on any atom is -0.372 e. The molecule has 0 radical (unpaired) electrons. The lowest BCUT2D eigenvalue weighted by Crippen LogP contribution is -2.22. The Bertz CT molecular complexity index is 732. The molecule has 20 heavy (non-hydrogen) atoms. The molecule has 2 aromatic rings. The lowest BCUT2D eigenvalue weighted by molar-refractivity contribution is 0.108. The summed E-state index contributed by atoms with van der Waals surface area (Å²) in [5.74, 6) is 0. The third-order valence-electron chi connectivity index (χ3n) is 3.70. The standard InChI is InChI=1S/C14H16N4O2/c1-9-10(4-2-6-15)14(19)18-13(16-9)8-11(17-18)12-5-3-7-20-12/h8,12,17H,2-5,7H2,1H3. The van der Waals surface area contributed by atoms with E-state index in [4.69, 9.17) is 10.00 Å². The molecule has 0 spiro atoms. The van der Waals surface area contributed by atoms with Crippen LogP contribution in [0.1, 0.15) is 42.3 Å². The number of aromatic amines is 1. The summed E-state index contributed by atoms with van der Waals surface area (Å²) in [5.41, 5.74) is 2.68. The molecule has 0 amide bonds. The van der Waals surface area contributed by atoms with E-state index in [9.17, 15) is 4.79 Å². The van der Waals surface area contributed by atoms with E-state index in [0.29, 0.717) is 29.7 Å². The van der Waals surface area contributed by atoms with Crippen LogP contribution in [-0.2, 0) is 11.2 Å². The van der Waals surface area contributed by atoms with Crippen molar-refractivity contribution >= 4 is 5.65 Å². The average Bonchev–Trinajstić information content (AvgIpc) is 3.06. The Morgan fingerprint density at radius 2 is 2.50 bits per heavy atom. The topological polar surface area (TPSA) is 83.2 Å². The van der Waals surface area contributed by atoms with E-state index in [1.807, 2.05) is 13.0 Å². The molecule has 1 aliphatic heterocycles. The maximum atomic E-state index is 12.4. The van der Waals surface area contributed by atoms with Gasteiger partial charge in [-0.1, -0.05) is 0 Å². The van der Waals surface area contributed by atoms with Gasteiger partial charge >= 0.3 is 0 Å². The smallest absolute Gasteiger partial charge is 0.276 e. The van der Waals surface area contributed by atoms with E-state index in [1.165, 1.54) is 4.52 Å². The number of ether oxygens (including phenoxy) is 1. The van der Waals surface area contributed by atoms with Crippen LogP contribution in [0, 0.1) is 18.3 Å². The largest absolute Gasteiger partial charge is 0.372 e. The Kier molecular flexibility index (Phi) is 3.28. The van der Waals surface area contributed by atoms with E-state index >= 15 is 0 Å². The number of nitrogens with one attached hydrogen (secondary N) is 1. The van der Waals surface area contributed by atoms with Crippen LogP contribution in [0.5, 0.6) is 0 Å². The van der Waals surface area contributed by atoms with Gasteiger partial charge in [0.25, 0.3) is 5.56 Å². The SMILES string of the molecule is Cc1nc2cc(C3CCCO3)[nH]n2c(=O)c1CCC#N. The molecule has 1 fully saturated rings. The minimum absolute atomic E-state index is 0.0268. The molecule has 1 aliphatic rings. The first kappa shape index (κ1) is 12.9. The molecule has 6 heteroatoms. The number of hydrogen-bond donors (Lipinski definition) is 1. The first-order chi connectivity index (χ1) is 9.70. The van der Waals surface area contributed by atoms with Gasteiger partial charge in [0.1, 0.15) is 0 Å². The summed E-state index contributed by atoms with van der Waals surface area (Å²) in [6, 6.07) is 3.94. The van der Waals surface area contributed by atoms with Crippen molar-refractivity contribution in [3.05, 3.63) is 33.4 Å². The van der Waals surface area contributed by atoms with Crippen molar-refractivity contribution in [1.82, 2.24) is 14.6 Å². The Balaban J connectivity index is 2.07. The minimum atomic E-state index is -0.119. The molecule has 0 aromatic carbocycles. The van der Waals surface area contributed by atoms with Crippen LogP contribution in [0.4, 0.5) is 0 Å². The number of aromatic nitrogens is 3. The van der Waals surface area contributed by atoms with E-state index in [-0.39, 0.29) is 11.7 Å². The molecule has 104 valence electrons. The van der Waals surface area contributed by atoms with Crippen molar-refractivity contribution in [1.29, 1.82) is 5.26 Å². The Labute approximate surface area is 116 Å². The van der Waals surface area contributed by atoms with E-state index in [0.717, 1.165) is 25.1 Å². The van der Waals surface area contributed by atoms with Gasteiger partial charge in [0, 0.05) is 30.4 Å². The lowest BCUT2D eigenvalue weighted by atomic mass is 10.1. The third-order valence-corrected chi connectivity index (χ3v) is 3.70. The Morgan fingerprint density at radius 1 is 1.65 bits per heavy atom. The van der Waals surface area contributed by atoms with Gasteiger partial charge in [0.15, 0.2) is 5.65 Å². The number of aryl methyl sites for hydroxylation is 1. The van der Waals surface area contributed by atoms with E-state index in [1.54, 1.807) is 0 Å². The maximum Gasteiger partial charge on any atom is 0.276 e. The van der Waals surface area contributed by atoms with Gasteiger partial charge in [-0.3, -0.25) is 9.89 Å². The van der Waals surface area contributed by atoms with Crippen molar-refractivity contribution in [3.63, 3.8) is 0 Å². The van der Waals surface area contributed by atoms with Gasteiger partial charge in [-0.25, -0.2) is 9.50 Å². The van der Waals surface area contributed by atoms with Crippen LogP contribution >= 0.6 is 0 Å². The van der Waals surface area contributed by atoms with Crippen LogP contribution < -0.4 is 5.56 Å². The Morgan fingerprint density at radius 3 is 3.20 bits per heavy atom. The quantitative estimate of drug-likeness (QED) is 0.920. The highest BCUT2D eigenvalue weighted by molar-refractivity contribution is 5.42. The fourth-order valence-electron chi connectivity index (χ4n) is 2.65. The molecule has 3 heterocycles.